The summed E-state index contributed by atoms with van der Waals surface area (Å²) >= 11 is 0. The molecule has 0 heterocycles. The number of carbonyl (C=O) groups excluding carboxylic acids is 3. The molecule has 0 saturated heterocycles. The van der Waals surface area contributed by atoms with Crippen LogP contribution in [0.2, 0.25) is 0 Å². The largest absolute Gasteiger partial charge is 0.391 e. The minimum absolute atomic E-state index is 0.0148. The van der Waals surface area contributed by atoms with Gasteiger partial charge in [0, 0.05) is 45.9 Å². The average molecular weight is 655 g/mol. The van der Waals surface area contributed by atoms with Gasteiger partial charge < -0.3 is 25.5 Å². The third-order valence-corrected chi connectivity index (χ3v) is 9.30. The first-order chi connectivity index (χ1) is 23.2. The summed E-state index contributed by atoms with van der Waals surface area (Å²) in [6, 6.07) is 18.2. The van der Waals surface area contributed by atoms with Crippen LogP contribution in [-0.2, 0) is 27.3 Å². The summed E-state index contributed by atoms with van der Waals surface area (Å²) in [5.41, 5.74) is 2.11. The van der Waals surface area contributed by atoms with E-state index in [0.29, 0.717) is 44.7 Å². The molecule has 1 saturated carbocycles. The van der Waals surface area contributed by atoms with E-state index in [1.165, 1.54) is 12.0 Å². The number of benzene rings is 2. The van der Waals surface area contributed by atoms with Crippen LogP contribution in [-0.4, -0.2) is 78.0 Å². The Labute approximate surface area is 288 Å². The minimum Gasteiger partial charge on any atom is -0.391 e. The second kappa shape index (κ2) is 21.0. The normalized spacial score (nSPS) is 15.7. The van der Waals surface area contributed by atoms with Crippen LogP contribution in [0.4, 0.5) is 0 Å². The fraction of sp³-hybridized carbons (Fsp3) is 0.525. The minimum atomic E-state index is -1.01. The van der Waals surface area contributed by atoms with E-state index < -0.39 is 35.9 Å². The predicted molar refractivity (Wildman–Crippen MR) is 191 cm³/mol. The van der Waals surface area contributed by atoms with Crippen molar-refractivity contribution in [2.24, 2.45) is 11.8 Å². The van der Waals surface area contributed by atoms with Crippen LogP contribution < -0.4 is 10.6 Å². The molecular weight excluding hydrogens is 600 g/mol. The molecule has 3 N–H and O–H groups in total. The molecule has 0 aromatic heterocycles. The van der Waals surface area contributed by atoms with Crippen LogP contribution in [0.15, 0.2) is 60.7 Å². The highest BCUT2D eigenvalue weighted by molar-refractivity contribution is 5.91. The fourth-order valence-electron chi connectivity index (χ4n) is 6.37. The number of likely N-dealkylation sites (N-methyl/N-ethyl adjacent to an activating group) is 2. The molecular formula is C40H54N4O4. The summed E-state index contributed by atoms with van der Waals surface area (Å²) in [5, 5.41) is 16.9. The van der Waals surface area contributed by atoms with E-state index in [4.69, 9.17) is 12.8 Å². The Kier molecular flexibility index (Phi) is 16.8. The van der Waals surface area contributed by atoms with E-state index >= 15 is 0 Å². The quantitative estimate of drug-likeness (QED) is 0.193. The first kappa shape index (κ1) is 38.3. The SMILES string of the molecule is C#CCC[C@H](O)[C@H](CC1CCCCC1)NC(=O)[C@H](CC#C)NC(=O)[C@@H](CC(=O)N(C)CCN(C)Cc1ccccc1)Cc1ccccc1. The molecule has 48 heavy (non-hydrogen) atoms. The van der Waals surface area contributed by atoms with Crippen molar-refractivity contribution in [2.45, 2.75) is 95.4 Å². The number of rotatable bonds is 19. The average Bonchev–Trinajstić information content (AvgIpc) is 3.10. The molecule has 8 nitrogen and oxygen atoms in total. The maximum absolute atomic E-state index is 13.8. The van der Waals surface area contributed by atoms with Gasteiger partial charge in [0.25, 0.3) is 0 Å². The molecule has 0 radical (unpaired) electrons. The summed E-state index contributed by atoms with van der Waals surface area (Å²) in [4.78, 5) is 44.7. The van der Waals surface area contributed by atoms with Gasteiger partial charge in [0.15, 0.2) is 0 Å². The van der Waals surface area contributed by atoms with Gasteiger partial charge >= 0.3 is 0 Å². The van der Waals surface area contributed by atoms with Gasteiger partial charge in [0.05, 0.1) is 18.1 Å². The number of nitrogens with one attached hydrogen (secondary N) is 2. The zero-order valence-corrected chi connectivity index (χ0v) is 28.8. The third-order valence-electron chi connectivity index (χ3n) is 9.30. The van der Waals surface area contributed by atoms with E-state index in [2.05, 4.69) is 39.5 Å². The molecule has 2 aromatic rings. The number of terminal acetylenes is 2. The zero-order valence-electron chi connectivity index (χ0n) is 28.8. The van der Waals surface area contributed by atoms with Gasteiger partial charge in [-0.05, 0) is 43.4 Å². The van der Waals surface area contributed by atoms with Crippen LogP contribution in [0.3, 0.4) is 0 Å². The maximum atomic E-state index is 13.8. The Hall–Kier alpha value is -4.11. The van der Waals surface area contributed by atoms with E-state index in [1.54, 1.807) is 11.9 Å². The fourth-order valence-corrected chi connectivity index (χ4v) is 6.37. The summed E-state index contributed by atoms with van der Waals surface area (Å²) in [6.45, 7) is 1.95. The Balaban J connectivity index is 1.67. The highest BCUT2D eigenvalue weighted by Crippen LogP contribution is 2.28. The van der Waals surface area contributed by atoms with Gasteiger partial charge in [-0.25, -0.2) is 0 Å². The van der Waals surface area contributed by atoms with E-state index in [-0.39, 0.29) is 18.7 Å². The summed E-state index contributed by atoms with van der Waals surface area (Å²) in [5.74, 6) is 3.78. The number of hydrogen-bond donors (Lipinski definition) is 3. The molecule has 3 amide bonds. The Morgan fingerprint density at radius 3 is 2.15 bits per heavy atom. The van der Waals surface area contributed by atoms with Gasteiger partial charge in [-0.1, -0.05) is 92.8 Å². The van der Waals surface area contributed by atoms with Gasteiger partial charge in [-0.2, -0.15) is 0 Å². The van der Waals surface area contributed by atoms with Crippen LogP contribution >= 0.6 is 0 Å². The van der Waals surface area contributed by atoms with Crippen LogP contribution in [0.25, 0.3) is 0 Å². The summed E-state index contributed by atoms with van der Waals surface area (Å²) in [7, 11) is 3.77. The van der Waals surface area contributed by atoms with Gasteiger partial charge in [0.1, 0.15) is 6.04 Å². The number of aliphatic hydroxyl groups excluding tert-OH is 1. The second-order valence-corrected chi connectivity index (χ2v) is 13.3. The molecule has 0 unspecified atom stereocenters. The van der Waals surface area contributed by atoms with Crippen LogP contribution in [0.1, 0.15) is 75.3 Å². The van der Waals surface area contributed by atoms with E-state index in [1.807, 2.05) is 55.6 Å². The van der Waals surface area contributed by atoms with Gasteiger partial charge in [-0.3, -0.25) is 14.4 Å². The molecule has 1 fully saturated rings. The number of hydrogen-bond acceptors (Lipinski definition) is 5. The third kappa shape index (κ3) is 13.6. The molecule has 1 aliphatic rings. The molecule has 3 rings (SSSR count). The Bertz CT molecular complexity index is 1350. The first-order valence-corrected chi connectivity index (χ1v) is 17.4. The lowest BCUT2D eigenvalue weighted by atomic mass is 9.83. The smallest absolute Gasteiger partial charge is 0.243 e. The van der Waals surface area contributed by atoms with Crippen molar-refractivity contribution in [1.82, 2.24) is 20.4 Å². The molecule has 1 aliphatic carbocycles. The number of aliphatic hydroxyl groups is 1. The molecule has 8 heteroatoms. The lowest BCUT2D eigenvalue weighted by molar-refractivity contribution is -0.136. The lowest BCUT2D eigenvalue weighted by Gasteiger charge is -2.31. The molecule has 2 aromatic carbocycles. The Morgan fingerprint density at radius 2 is 1.52 bits per heavy atom. The van der Waals surface area contributed by atoms with Crippen molar-refractivity contribution >= 4 is 17.7 Å². The van der Waals surface area contributed by atoms with Gasteiger partial charge in [0.2, 0.25) is 17.7 Å². The predicted octanol–water partition coefficient (Wildman–Crippen LogP) is 4.56. The number of nitrogens with zero attached hydrogens (tertiary/aromatic N) is 2. The molecule has 4 atom stereocenters. The number of carbonyl (C=O) groups is 3. The van der Waals surface area contributed by atoms with Gasteiger partial charge in [-0.15, -0.1) is 24.7 Å². The van der Waals surface area contributed by atoms with Crippen molar-refractivity contribution in [3.63, 3.8) is 0 Å². The zero-order chi connectivity index (χ0) is 34.7. The summed E-state index contributed by atoms with van der Waals surface area (Å²) < 4.78 is 0. The highest BCUT2D eigenvalue weighted by atomic mass is 16.3. The maximum Gasteiger partial charge on any atom is 0.243 e. The highest BCUT2D eigenvalue weighted by Gasteiger charge is 2.31. The van der Waals surface area contributed by atoms with E-state index in [0.717, 1.165) is 37.8 Å². The van der Waals surface area contributed by atoms with Crippen molar-refractivity contribution in [1.29, 1.82) is 0 Å². The van der Waals surface area contributed by atoms with Crippen molar-refractivity contribution in [2.75, 3.05) is 27.2 Å². The molecule has 0 spiro atoms. The number of amides is 3. The Morgan fingerprint density at radius 1 is 0.875 bits per heavy atom. The van der Waals surface area contributed by atoms with Crippen LogP contribution in [0, 0.1) is 36.5 Å². The second-order valence-electron chi connectivity index (χ2n) is 13.3. The summed E-state index contributed by atoms with van der Waals surface area (Å²) in [6.07, 6.45) is 17.6. The molecule has 0 aliphatic heterocycles. The van der Waals surface area contributed by atoms with Crippen LogP contribution in [0.5, 0.6) is 0 Å². The monoisotopic (exact) mass is 654 g/mol. The first-order valence-electron chi connectivity index (χ1n) is 17.4. The van der Waals surface area contributed by atoms with Crippen molar-refractivity contribution < 1.29 is 19.5 Å². The van der Waals surface area contributed by atoms with Crippen molar-refractivity contribution in [3.05, 3.63) is 71.8 Å². The molecule has 0 bridgehead atoms. The van der Waals surface area contributed by atoms with E-state index in [9.17, 15) is 19.5 Å². The van der Waals surface area contributed by atoms with Crippen molar-refractivity contribution in [3.8, 4) is 24.7 Å². The standard InChI is InChI=1S/C40H54N4O4/c1-5-7-24-37(45)36(28-32-20-13-9-14-21-32)42-40(48)35(17-6-2)41-39(47)34(27-31-18-11-8-12-19-31)29-38(46)44(4)26-25-43(3)30-33-22-15-10-16-23-33/h1-2,8,10-12,15-16,18-19,22-23,32,34-37,45H,7,9,13-14,17,20-21,24-30H2,3-4H3,(H,41,47)(H,42,48)/t34-,35+,36+,37+/m1/s1. The topological polar surface area (TPSA) is 102 Å². The molecule has 258 valence electrons. The lowest BCUT2D eigenvalue weighted by Crippen LogP contribution is -2.54.